The lowest BCUT2D eigenvalue weighted by Crippen LogP contribution is -2.14. The maximum absolute atomic E-state index is 12.1. The fourth-order valence-electron chi connectivity index (χ4n) is 2.09. The lowest BCUT2D eigenvalue weighted by Gasteiger charge is -2.07. The summed E-state index contributed by atoms with van der Waals surface area (Å²) in [5.41, 5.74) is 2.48. The highest BCUT2D eigenvalue weighted by molar-refractivity contribution is 6.00. The minimum Gasteiger partial charge on any atom is -0.324 e. The molecule has 0 aliphatic rings. The Morgan fingerprint density at radius 2 is 1.80 bits per heavy atom. The van der Waals surface area contributed by atoms with Crippen molar-refractivity contribution < 1.29 is 4.79 Å². The smallest absolute Gasteiger partial charge is 0.228 e. The molecule has 0 spiro atoms. The highest BCUT2D eigenvalue weighted by atomic mass is 16.1. The van der Waals surface area contributed by atoms with Gasteiger partial charge in [0.25, 0.3) is 0 Å². The first-order chi connectivity index (χ1) is 9.83. The van der Waals surface area contributed by atoms with Gasteiger partial charge in [0.2, 0.25) is 5.91 Å². The number of nitrogens with zero attached hydrogens (tertiary/aromatic N) is 2. The van der Waals surface area contributed by atoms with Crippen molar-refractivity contribution in [2.24, 2.45) is 0 Å². The van der Waals surface area contributed by atoms with Gasteiger partial charge in [-0.15, -0.1) is 0 Å². The third-order valence-corrected chi connectivity index (χ3v) is 3.02. The number of carbonyl (C=O) groups is 1. The number of amides is 1. The fraction of sp³-hybridized carbons (Fsp3) is 0.0625. The maximum Gasteiger partial charge on any atom is 0.228 e. The van der Waals surface area contributed by atoms with Crippen molar-refractivity contribution in [1.29, 1.82) is 0 Å². The lowest BCUT2D eigenvalue weighted by molar-refractivity contribution is -0.115. The number of pyridine rings is 2. The zero-order valence-electron chi connectivity index (χ0n) is 10.8. The summed E-state index contributed by atoms with van der Waals surface area (Å²) in [5.74, 6) is -0.0608. The quantitative estimate of drug-likeness (QED) is 0.790. The largest absolute Gasteiger partial charge is 0.324 e. The molecule has 20 heavy (non-hydrogen) atoms. The van der Waals surface area contributed by atoms with Crippen LogP contribution in [0, 0.1) is 0 Å². The third-order valence-electron chi connectivity index (χ3n) is 3.02. The van der Waals surface area contributed by atoms with Crippen LogP contribution in [0.2, 0.25) is 0 Å². The van der Waals surface area contributed by atoms with E-state index < -0.39 is 0 Å². The summed E-state index contributed by atoms with van der Waals surface area (Å²) >= 11 is 0. The minimum atomic E-state index is -0.0608. The first kappa shape index (κ1) is 12.3. The van der Waals surface area contributed by atoms with Crippen LogP contribution in [-0.2, 0) is 11.2 Å². The Morgan fingerprint density at radius 3 is 2.65 bits per heavy atom. The molecular formula is C16H13N3O. The first-order valence-corrected chi connectivity index (χ1v) is 6.35. The average molecular weight is 263 g/mol. The number of fused-ring (bicyclic) bond motifs is 1. The van der Waals surface area contributed by atoms with Crippen molar-refractivity contribution in [2.45, 2.75) is 6.42 Å². The monoisotopic (exact) mass is 263 g/mol. The summed E-state index contributed by atoms with van der Waals surface area (Å²) in [6, 6.07) is 13.3. The molecule has 3 rings (SSSR count). The van der Waals surface area contributed by atoms with E-state index in [1.807, 2.05) is 42.5 Å². The number of rotatable bonds is 3. The third kappa shape index (κ3) is 2.64. The highest BCUT2D eigenvalue weighted by Crippen LogP contribution is 2.20. The van der Waals surface area contributed by atoms with E-state index in [4.69, 9.17) is 0 Å². The first-order valence-electron chi connectivity index (χ1n) is 6.35. The predicted octanol–water partition coefficient (Wildman–Crippen LogP) is 2.81. The molecule has 0 unspecified atom stereocenters. The van der Waals surface area contributed by atoms with Crippen LogP contribution in [0.15, 0.2) is 61.1 Å². The lowest BCUT2D eigenvalue weighted by atomic mass is 10.1. The fourth-order valence-corrected chi connectivity index (χ4v) is 2.09. The number of benzene rings is 1. The topological polar surface area (TPSA) is 54.9 Å². The van der Waals surface area contributed by atoms with Gasteiger partial charge in [-0.2, -0.15) is 0 Å². The molecule has 3 aromatic rings. The summed E-state index contributed by atoms with van der Waals surface area (Å²) < 4.78 is 0. The van der Waals surface area contributed by atoms with E-state index in [0.717, 1.165) is 22.2 Å². The van der Waals surface area contributed by atoms with Gasteiger partial charge >= 0.3 is 0 Å². The molecule has 1 N–H and O–H groups in total. The molecular weight excluding hydrogens is 250 g/mol. The van der Waals surface area contributed by atoms with Gasteiger partial charge in [-0.3, -0.25) is 14.8 Å². The second kappa shape index (κ2) is 5.48. The Kier molecular flexibility index (Phi) is 3.37. The molecule has 0 saturated carbocycles. The summed E-state index contributed by atoms with van der Waals surface area (Å²) in [6.07, 6.45) is 5.41. The highest BCUT2D eigenvalue weighted by Gasteiger charge is 2.07. The van der Waals surface area contributed by atoms with Crippen LogP contribution in [0.1, 0.15) is 5.56 Å². The number of hydrogen-bond acceptors (Lipinski definition) is 3. The van der Waals surface area contributed by atoms with Gasteiger partial charge in [0.1, 0.15) is 0 Å². The van der Waals surface area contributed by atoms with Crippen molar-refractivity contribution in [3.05, 3.63) is 66.6 Å². The minimum absolute atomic E-state index is 0.0608. The molecule has 4 nitrogen and oxygen atoms in total. The molecule has 0 aliphatic heterocycles. The second-order valence-electron chi connectivity index (χ2n) is 4.46. The Balaban J connectivity index is 1.81. The Bertz CT molecular complexity index is 736. The number of carbonyl (C=O) groups excluding carboxylic acids is 1. The van der Waals surface area contributed by atoms with E-state index in [9.17, 15) is 4.79 Å². The molecule has 1 aromatic carbocycles. The van der Waals surface area contributed by atoms with Gasteiger partial charge in [0, 0.05) is 24.0 Å². The van der Waals surface area contributed by atoms with Crippen molar-refractivity contribution in [3.8, 4) is 0 Å². The zero-order valence-corrected chi connectivity index (χ0v) is 10.8. The maximum atomic E-state index is 12.1. The Hall–Kier alpha value is -2.75. The normalized spacial score (nSPS) is 10.4. The number of para-hydroxylation sites is 1. The van der Waals surface area contributed by atoms with Crippen molar-refractivity contribution in [3.63, 3.8) is 0 Å². The van der Waals surface area contributed by atoms with Gasteiger partial charge in [-0.25, -0.2) is 0 Å². The van der Waals surface area contributed by atoms with Crippen LogP contribution in [0.25, 0.3) is 10.9 Å². The molecule has 2 heterocycles. The van der Waals surface area contributed by atoms with Crippen LogP contribution in [0.5, 0.6) is 0 Å². The SMILES string of the molecule is O=C(Cc1ccncc1)Nc1cccc2cccnc12. The molecule has 0 aliphatic carbocycles. The summed E-state index contributed by atoms with van der Waals surface area (Å²) in [5, 5.41) is 3.92. The second-order valence-corrected chi connectivity index (χ2v) is 4.46. The zero-order chi connectivity index (χ0) is 13.8. The van der Waals surface area contributed by atoms with Gasteiger partial charge in [0.15, 0.2) is 0 Å². The van der Waals surface area contributed by atoms with Crippen LogP contribution >= 0.6 is 0 Å². The number of aromatic nitrogens is 2. The van der Waals surface area contributed by atoms with Crippen LogP contribution in [0.4, 0.5) is 5.69 Å². The molecule has 4 heteroatoms. The van der Waals surface area contributed by atoms with Crippen molar-refractivity contribution in [2.75, 3.05) is 5.32 Å². The van der Waals surface area contributed by atoms with Gasteiger partial charge in [-0.1, -0.05) is 18.2 Å². The summed E-state index contributed by atoms with van der Waals surface area (Å²) in [7, 11) is 0. The molecule has 0 atom stereocenters. The van der Waals surface area contributed by atoms with Gasteiger partial charge in [0.05, 0.1) is 17.6 Å². The number of nitrogens with one attached hydrogen (secondary N) is 1. The molecule has 98 valence electrons. The standard InChI is InChI=1S/C16H13N3O/c20-15(11-12-6-9-17-10-7-12)19-14-5-1-3-13-4-2-8-18-16(13)14/h1-10H,11H2,(H,19,20). The number of anilines is 1. The Morgan fingerprint density at radius 1 is 1.00 bits per heavy atom. The van der Waals surface area contributed by atoms with E-state index >= 15 is 0 Å². The van der Waals surface area contributed by atoms with Crippen LogP contribution < -0.4 is 5.32 Å². The molecule has 1 amide bonds. The summed E-state index contributed by atoms with van der Waals surface area (Å²) in [6.45, 7) is 0. The van der Waals surface area contributed by atoms with Gasteiger partial charge in [-0.05, 0) is 29.8 Å². The van der Waals surface area contributed by atoms with E-state index in [2.05, 4.69) is 15.3 Å². The van der Waals surface area contributed by atoms with E-state index in [-0.39, 0.29) is 5.91 Å². The molecule has 0 radical (unpaired) electrons. The van der Waals surface area contributed by atoms with E-state index in [1.165, 1.54) is 0 Å². The Labute approximate surface area is 116 Å². The molecule has 0 saturated heterocycles. The van der Waals surface area contributed by atoms with Gasteiger partial charge < -0.3 is 5.32 Å². The molecule has 0 fully saturated rings. The molecule has 0 bridgehead atoms. The van der Waals surface area contributed by atoms with E-state index in [1.54, 1.807) is 18.6 Å². The van der Waals surface area contributed by atoms with E-state index in [0.29, 0.717) is 6.42 Å². The van der Waals surface area contributed by atoms with Crippen molar-refractivity contribution in [1.82, 2.24) is 9.97 Å². The number of hydrogen-bond donors (Lipinski definition) is 1. The average Bonchev–Trinajstić information content (AvgIpc) is 2.48. The molecule has 2 aromatic heterocycles. The predicted molar refractivity (Wildman–Crippen MR) is 78.3 cm³/mol. The summed E-state index contributed by atoms with van der Waals surface area (Å²) in [4.78, 5) is 20.3. The van der Waals surface area contributed by atoms with Crippen LogP contribution in [-0.4, -0.2) is 15.9 Å². The van der Waals surface area contributed by atoms with Crippen LogP contribution in [0.3, 0.4) is 0 Å². The van der Waals surface area contributed by atoms with Crippen molar-refractivity contribution >= 4 is 22.5 Å².